The van der Waals surface area contributed by atoms with Gasteiger partial charge in [0.25, 0.3) is 0 Å². The quantitative estimate of drug-likeness (QED) is 0.647. The highest BCUT2D eigenvalue weighted by Crippen LogP contribution is 2.36. The van der Waals surface area contributed by atoms with Gasteiger partial charge in [-0.05, 0) is 65.2 Å². The van der Waals surface area contributed by atoms with E-state index in [1.165, 1.54) is 16.8 Å². The van der Waals surface area contributed by atoms with Crippen LogP contribution in [0.15, 0.2) is 12.1 Å². The summed E-state index contributed by atoms with van der Waals surface area (Å²) >= 11 is 0. The molecule has 122 valence electrons. The average Bonchev–Trinajstić information content (AvgIpc) is 2.61. The van der Waals surface area contributed by atoms with Crippen molar-refractivity contribution >= 4 is 18.3 Å². The molecule has 1 aliphatic heterocycles. The Morgan fingerprint density at radius 2 is 1.45 bits per heavy atom. The minimum Gasteiger partial charge on any atom is -0.399 e. The molecule has 1 aliphatic rings. The van der Waals surface area contributed by atoms with Gasteiger partial charge >= 0.3 is 7.12 Å². The van der Waals surface area contributed by atoms with E-state index >= 15 is 0 Å². The maximum absolute atomic E-state index is 6.15. The Morgan fingerprint density at radius 1 is 0.955 bits per heavy atom. The number of nitrogens with one attached hydrogen (secondary N) is 2. The highest BCUT2D eigenvalue weighted by molar-refractivity contribution is 6.62. The Kier molecular flexibility index (Phi) is 4.90. The number of anilines is 1. The SMILES string of the molecule is CNCCNc1c(C)cc(B2OC(C)(C)C(C)(C)O2)cc1C. The molecule has 1 aromatic carbocycles. The summed E-state index contributed by atoms with van der Waals surface area (Å²) in [7, 11) is 1.66. The first-order chi connectivity index (χ1) is 10.2. The first-order valence-electron chi connectivity index (χ1n) is 8.03. The Balaban J connectivity index is 2.21. The standard InChI is InChI=1S/C17H29BN2O2/c1-12-10-14(11-13(2)15(12)20-9-8-19-7)18-21-16(3,4)17(5,6)22-18/h10-11,19-20H,8-9H2,1-7H3. The van der Waals surface area contributed by atoms with Crippen LogP contribution in [0, 0.1) is 13.8 Å². The van der Waals surface area contributed by atoms with E-state index < -0.39 is 0 Å². The van der Waals surface area contributed by atoms with E-state index in [-0.39, 0.29) is 18.3 Å². The van der Waals surface area contributed by atoms with E-state index in [1.54, 1.807) is 0 Å². The summed E-state index contributed by atoms with van der Waals surface area (Å²) in [4.78, 5) is 0. The van der Waals surface area contributed by atoms with Crippen molar-refractivity contribution in [1.82, 2.24) is 5.32 Å². The summed E-state index contributed by atoms with van der Waals surface area (Å²) in [6, 6.07) is 4.33. The molecule has 0 aromatic heterocycles. The molecule has 4 nitrogen and oxygen atoms in total. The smallest absolute Gasteiger partial charge is 0.399 e. The molecule has 1 aromatic rings. The fraction of sp³-hybridized carbons (Fsp3) is 0.647. The Bertz CT molecular complexity index is 504. The predicted molar refractivity (Wildman–Crippen MR) is 94.0 cm³/mol. The molecule has 2 N–H and O–H groups in total. The fourth-order valence-corrected chi connectivity index (χ4v) is 2.70. The van der Waals surface area contributed by atoms with Crippen LogP contribution in [0.3, 0.4) is 0 Å². The number of likely N-dealkylation sites (N-methyl/N-ethyl adjacent to an activating group) is 1. The number of hydrogen-bond donors (Lipinski definition) is 2. The Morgan fingerprint density at radius 3 is 1.91 bits per heavy atom. The minimum absolute atomic E-state index is 0.297. The Hall–Kier alpha value is -1.04. The summed E-state index contributed by atoms with van der Waals surface area (Å²) < 4.78 is 12.3. The molecule has 0 spiro atoms. The zero-order chi connectivity index (χ0) is 16.5. The van der Waals surface area contributed by atoms with E-state index in [4.69, 9.17) is 9.31 Å². The lowest BCUT2D eigenvalue weighted by Crippen LogP contribution is -2.41. The van der Waals surface area contributed by atoms with Gasteiger partial charge in [-0.3, -0.25) is 0 Å². The summed E-state index contributed by atoms with van der Waals surface area (Å²) in [5.41, 5.74) is 4.14. The maximum atomic E-state index is 6.15. The second-order valence-electron chi connectivity index (χ2n) is 7.15. The van der Waals surface area contributed by atoms with Gasteiger partial charge in [-0.25, -0.2) is 0 Å². The summed E-state index contributed by atoms with van der Waals surface area (Å²) in [5, 5.41) is 6.64. The monoisotopic (exact) mass is 304 g/mol. The summed E-state index contributed by atoms with van der Waals surface area (Å²) in [6.07, 6.45) is 0. The van der Waals surface area contributed by atoms with Crippen LogP contribution in [0.25, 0.3) is 0 Å². The molecule has 0 bridgehead atoms. The van der Waals surface area contributed by atoms with Crippen LogP contribution in [0.4, 0.5) is 5.69 Å². The first kappa shape index (κ1) is 17.3. The van der Waals surface area contributed by atoms with E-state index in [0.717, 1.165) is 18.6 Å². The van der Waals surface area contributed by atoms with E-state index in [0.29, 0.717) is 0 Å². The van der Waals surface area contributed by atoms with Crippen LogP contribution in [-0.2, 0) is 9.31 Å². The van der Waals surface area contributed by atoms with Gasteiger partial charge in [0, 0.05) is 18.8 Å². The lowest BCUT2D eigenvalue weighted by atomic mass is 9.77. The predicted octanol–water partition coefficient (Wildman–Crippen LogP) is 2.23. The molecule has 5 heteroatoms. The van der Waals surface area contributed by atoms with Crippen molar-refractivity contribution in [2.75, 3.05) is 25.5 Å². The molecule has 0 atom stereocenters. The van der Waals surface area contributed by atoms with Crippen LogP contribution < -0.4 is 16.1 Å². The van der Waals surface area contributed by atoms with Gasteiger partial charge in [0.1, 0.15) is 0 Å². The molecule has 0 unspecified atom stereocenters. The molecule has 0 amide bonds. The van der Waals surface area contributed by atoms with Crippen molar-refractivity contribution in [2.45, 2.75) is 52.7 Å². The van der Waals surface area contributed by atoms with Crippen molar-refractivity contribution in [3.8, 4) is 0 Å². The highest BCUT2D eigenvalue weighted by Gasteiger charge is 2.51. The van der Waals surface area contributed by atoms with Crippen molar-refractivity contribution in [2.24, 2.45) is 0 Å². The largest absolute Gasteiger partial charge is 0.494 e. The van der Waals surface area contributed by atoms with Crippen LogP contribution in [-0.4, -0.2) is 38.5 Å². The van der Waals surface area contributed by atoms with Gasteiger partial charge < -0.3 is 19.9 Å². The normalized spacial score (nSPS) is 19.5. The molecule has 0 saturated carbocycles. The first-order valence-corrected chi connectivity index (χ1v) is 8.03. The van der Waals surface area contributed by atoms with Crippen LogP contribution >= 0.6 is 0 Å². The molecule has 1 heterocycles. The van der Waals surface area contributed by atoms with Gasteiger partial charge in [-0.1, -0.05) is 12.1 Å². The molecule has 0 radical (unpaired) electrons. The van der Waals surface area contributed by atoms with Gasteiger partial charge in [0.15, 0.2) is 0 Å². The number of hydrogen-bond acceptors (Lipinski definition) is 4. The van der Waals surface area contributed by atoms with Gasteiger partial charge in [-0.2, -0.15) is 0 Å². The van der Waals surface area contributed by atoms with E-state index in [1.807, 2.05) is 7.05 Å². The van der Waals surface area contributed by atoms with E-state index in [9.17, 15) is 0 Å². The zero-order valence-corrected chi connectivity index (χ0v) is 15.0. The van der Waals surface area contributed by atoms with Crippen LogP contribution in [0.2, 0.25) is 0 Å². The molecular formula is C17H29BN2O2. The van der Waals surface area contributed by atoms with Gasteiger partial charge in [-0.15, -0.1) is 0 Å². The molecule has 2 rings (SSSR count). The molecule has 22 heavy (non-hydrogen) atoms. The number of aryl methyl sites for hydroxylation is 2. The maximum Gasteiger partial charge on any atom is 0.494 e. The van der Waals surface area contributed by atoms with Crippen molar-refractivity contribution < 1.29 is 9.31 Å². The number of benzene rings is 1. The molecular weight excluding hydrogens is 275 g/mol. The van der Waals surface area contributed by atoms with Gasteiger partial charge in [0.05, 0.1) is 11.2 Å². The summed E-state index contributed by atoms with van der Waals surface area (Å²) in [5.74, 6) is 0. The lowest BCUT2D eigenvalue weighted by molar-refractivity contribution is 0.00578. The highest BCUT2D eigenvalue weighted by atomic mass is 16.7. The topological polar surface area (TPSA) is 42.5 Å². The summed E-state index contributed by atoms with van der Waals surface area (Å²) in [6.45, 7) is 14.4. The third kappa shape index (κ3) is 3.32. The van der Waals surface area contributed by atoms with Crippen LogP contribution in [0.1, 0.15) is 38.8 Å². The third-order valence-electron chi connectivity index (χ3n) is 4.76. The third-order valence-corrected chi connectivity index (χ3v) is 4.76. The molecule has 0 aliphatic carbocycles. The van der Waals surface area contributed by atoms with Crippen molar-refractivity contribution in [1.29, 1.82) is 0 Å². The molecule has 1 saturated heterocycles. The number of rotatable bonds is 5. The Labute approximate surface area is 135 Å². The lowest BCUT2D eigenvalue weighted by Gasteiger charge is -2.32. The van der Waals surface area contributed by atoms with Crippen molar-refractivity contribution in [3.63, 3.8) is 0 Å². The second-order valence-corrected chi connectivity index (χ2v) is 7.15. The van der Waals surface area contributed by atoms with Gasteiger partial charge in [0.2, 0.25) is 0 Å². The fourth-order valence-electron chi connectivity index (χ4n) is 2.70. The second kappa shape index (κ2) is 6.22. The zero-order valence-electron chi connectivity index (χ0n) is 15.0. The average molecular weight is 304 g/mol. The minimum atomic E-state index is -0.302. The van der Waals surface area contributed by atoms with E-state index in [2.05, 4.69) is 64.3 Å². The van der Waals surface area contributed by atoms with Crippen LogP contribution in [0.5, 0.6) is 0 Å². The molecule has 1 fully saturated rings. The van der Waals surface area contributed by atoms with Crippen molar-refractivity contribution in [3.05, 3.63) is 23.3 Å².